The van der Waals surface area contributed by atoms with E-state index in [4.69, 9.17) is 40.1 Å². The van der Waals surface area contributed by atoms with Crippen molar-refractivity contribution in [1.29, 1.82) is 0 Å². The van der Waals surface area contributed by atoms with Gasteiger partial charge in [0, 0.05) is 0 Å². The van der Waals surface area contributed by atoms with Crippen molar-refractivity contribution in [3.8, 4) is 0 Å². The first kappa shape index (κ1) is 33.8. The van der Waals surface area contributed by atoms with Gasteiger partial charge in [-0.1, -0.05) is 133 Å². The van der Waals surface area contributed by atoms with Gasteiger partial charge in [0.15, 0.2) is 11.3 Å². The van der Waals surface area contributed by atoms with E-state index >= 15 is 0 Å². The van der Waals surface area contributed by atoms with Gasteiger partial charge in [-0.05, 0) is 22.3 Å². The lowest BCUT2D eigenvalue weighted by molar-refractivity contribution is -0.327. The molecule has 0 N–H and O–H groups in total. The molecule has 0 amide bonds. The molecule has 0 bridgehead atoms. The molecule has 0 radical (unpaired) electrons. The fourth-order valence-corrected chi connectivity index (χ4v) is 5.98. The number of benzene rings is 4. The molecule has 2 aromatic heterocycles. The van der Waals surface area contributed by atoms with Gasteiger partial charge in [-0.2, -0.15) is 0 Å². The maximum atomic E-state index is 6.78. The molecule has 1 saturated heterocycles. The first-order valence-corrected chi connectivity index (χ1v) is 16.8. The number of halogens is 1. The molecule has 5 atom stereocenters. The number of hydrogen-bond acceptors (Lipinski definition) is 9. The van der Waals surface area contributed by atoms with Crippen LogP contribution in [0, 0.1) is 0 Å². The van der Waals surface area contributed by atoms with Crippen LogP contribution in [0.3, 0.4) is 0 Å². The van der Waals surface area contributed by atoms with Crippen LogP contribution in [0.5, 0.6) is 0 Å². The second-order valence-electron chi connectivity index (χ2n) is 11.8. The standard InChI is InChI=1S/C39H37ClN4O6/c40-37-33-38(42-26-41-37)44(27-43-33)50-39-36(48-24-31-19-11-4-12-20-31)35(47-23-30-17-9-3-10-18-30)34(46-22-29-15-7-2-8-16-29)32(49-39)25-45-21-28-13-5-1-6-14-28/h1-20,26-27,32,34-36,39H,21-25H2/t32-,34-,35+,36-,39+/m1/s1. The van der Waals surface area contributed by atoms with Gasteiger partial charge in [-0.15, -0.1) is 4.73 Å². The van der Waals surface area contributed by atoms with Crippen LogP contribution in [0.1, 0.15) is 22.3 Å². The number of ether oxygens (including phenoxy) is 5. The number of rotatable bonds is 15. The average molecular weight is 693 g/mol. The van der Waals surface area contributed by atoms with Gasteiger partial charge in [-0.25, -0.2) is 15.0 Å². The third-order valence-corrected chi connectivity index (χ3v) is 8.59. The SMILES string of the molecule is Clc1ncnc2c1ncn2O[C@@H]1O[C@H](COCc2ccccc2)[C@@H](OCc2ccccc2)[C@H](OCc2ccccc2)[C@H]1OCc1ccccc1. The van der Waals surface area contributed by atoms with Crippen molar-refractivity contribution in [3.05, 3.63) is 161 Å². The van der Waals surface area contributed by atoms with E-state index in [2.05, 4.69) is 15.0 Å². The smallest absolute Gasteiger partial charge is 0.254 e. The third kappa shape index (κ3) is 8.54. The predicted octanol–water partition coefficient (Wildman–Crippen LogP) is 6.61. The average Bonchev–Trinajstić information content (AvgIpc) is 3.58. The topological polar surface area (TPSA) is 99.0 Å². The zero-order valence-corrected chi connectivity index (χ0v) is 28.0. The molecule has 0 unspecified atom stereocenters. The third-order valence-electron chi connectivity index (χ3n) is 8.32. The van der Waals surface area contributed by atoms with E-state index in [0.717, 1.165) is 22.3 Å². The minimum Gasteiger partial charge on any atom is -0.376 e. The van der Waals surface area contributed by atoms with Gasteiger partial charge in [0.1, 0.15) is 36.5 Å². The summed E-state index contributed by atoms with van der Waals surface area (Å²) in [6.45, 7) is 1.50. The molecule has 256 valence electrons. The monoisotopic (exact) mass is 692 g/mol. The van der Waals surface area contributed by atoms with Crippen molar-refractivity contribution < 1.29 is 28.5 Å². The zero-order chi connectivity index (χ0) is 34.0. The highest BCUT2D eigenvalue weighted by Crippen LogP contribution is 2.31. The molecule has 6 aromatic rings. The second-order valence-corrected chi connectivity index (χ2v) is 12.2. The quantitative estimate of drug-likeness (QED) is 0.110. The van der Waals surface area contributed by atoms with Crippen LogP contribution >= 0.6 is 11.6 Å². The largest absolute Gasteiger partial charge is 0.376 e. The van der Waals surface area contributed by atoms with E-state index in [9.17, 15) is 0 Å². The first-order chi connectivity index (χ1) is 24.7. The Morgan fingerprint density at radius 3 is 1.64 bits per heavy atom. The molecule has 7 rings (SSSR count). The Balaban J connectivity index is 1.23. The van der Waals surface area contributed by atoms with Crippen LogP contribution in [-0.4, -0.2) is 57.0 Å². The molecule has 1 aliphatic rings. The molecule has 0 saturated carbocycles. The minimum absolute atomic E-state index is 0.198. The number of fused-ring (bicyclic) bond motifs is 1. The second kappa shape index (κ2) is 16.8. The molecule has 50 heavy (non-hydrogen) atoms. The summed E-state index contributed by atoms with van der Waals surface area (Å²) < 4.78 is 34.6. The van der Waals surface area contributed by atoms with Crippen molar-refractivity contribution in [2.24, 2.45) is 0 Å². The van der Waals surface area contributed by atoms with Crippen LogP contribution in [0.25, 0.3) is 11.2 Å². The van der Waals surface area contributed by atoms with Gasteiger partial charge in [0.2, 0.25) is 5.65 Å². The molecule has 1 aliphatic heterocycles. The Bertz CT molecular complexity index is 1900. The van der Waals surface area contributed by atoms with Gasteiger partial charge in [0.25, 0.3) is 6.29 Å². The zero-order valence-electron chi connectivity index (χ0n) is 27.2. The molecular weight excluding hydrogens is 656 g/mol. The van der Waals surface area contributed by atoms with E-state index < -0.39 is 30.7 Å². The first-order valence-electron chi connectivity index (χ1n) is 16.5. The lowest BCUT2D eigenvalue weighted by Crippen LogP contribution is -2.63. The fourth-order valence-electron chi connectivity index (χ4n) is 5.81. The number of nitrogens with zero attached hydrogens (tertiary/aromatic N) is 4. The van der Waals surface area contributed by atoms with Crippen LogP contribution < -0.4 is 4.84 Å². The Hall–Kier alpha value is -4.68. The van der Waals surface area contributed by atoms with E-state index in [0.29, 0.717) is 31.0 Å². The number of imidazole rings is 1. The lowest BCUT2D eigenvalue weighted by Gasteiger charge is -2.45. The highest BCUT2D eigenvalue weighted by atomic mass is 35.5. The summed E-state index contributed by atoms with van der Waals surface area (Å²) in [6, 6.07) is 39.9. The summed E-state index contributed by atoms with van der Waals surface area (Å²) in [4.78, 5) is 19.3. The molecule has 10 nitrogen and oxygen atoms in total. The molecule has 4 aromatic carbocycles. The van der Waals surface area contributed by atoms with E-state index in [1.54, 1.807) is 0 Å². The van der Waals surface area contributed by atoms with Crippen LogP contribution in [-0.2, 0) is 50.1 Å². The summed E-state index contributed by atoms with van der Waals surface area (Å²) in [5, 5.41) is 0.212. The maximum Gasteiger partial charge on any atom is 0.254 e. The van der Waals surface area contributed by atoms with Crippen molar-refractivity contribution in [3.63, 3.8) is 0 Å². The maximum absolute atomic E-state index is 6.78. The van der Waals surface area contributed by atoms with E-state index in [1.165, 1.54) is 17.4 Å². The molecule has 0 aliphatic carbocycles. The fraction of sp³-hybridized carbons (Fsp3) is 0.256. The van der Waals surface area contributed by atoms with Crippen LogP contribution in [0.2, 0.25) is 5.15 Å². The number of hydrogen-bond donors (Lipinski definition) is 0. The Morgan fingerprint density at radius 2 is 1.08 bits per heavy atom. The summed E-state index contributed by atoms with van der Waals surface area (Å²) in [5.41, 5.74) is 4.83. The van der Waals surface area contributed by atoms with E-state index in [1.807, 2.05) is 121 Å². The summed E-state index contributed by atoms with van der Waals surface area (Å²) in [7, 11) is 0. The van der Waals surface area contributed by atoms with Crippen LogP contribution in [0.4, 0.5) is 0 Å². The molecular formula is C39H37ClN4O6. The molecule has 3 heterocycles. The summed E-state index contributed by atoms with van der Waals surface area (Å²) >= 11 is 6.33. The highest BCUT2D eigenvalue weighted by molar-refractivity contribution is 6.33. The molecule has 1 fully saturated rings. The highest BCUT2D eigenvalue weighted by Gasteiger charge is 2.50. The Kier molecular flexibility index (Phi) is 11.4. The minimum atomic E-state index is -0.993. The van der Waals surface area contributed by atoms with Crippen molar-refractivity contribution in [2.45, 2.75) is 57.1 Å². The van der Waals surface area contributed by atoms with Gasteiger partial charge < -0.3 is 28.5 Å². The van der Waals surface area contributed by atoms with Gasteiger partial charge >= 0.3 is 0 Å². The van der Waals surface area contributed by atoms with E-state index in [-0.39, 0.29) is 18.4 Å². The normalized spacial score (nSPS) is 20.5. The summed E-state index contributed by atoms with van der Waals surface area (Å²) in [5.74, 6) is 0. The Morgan fingerprint density at radius 1 is 0.580 bits per heavy atom. The van der Waals surface area contributed by atoms with Crippen molar-refractivity contribution in [2.75, 3.05) is 6.61 Å². The van der Waals surface area contributed by atoms with Crippen molar-refractivity contribution >= 4 is 22.8 Å². The van der Waals surface area contributed by atoms with Gasteiger partial charge in [0.05, 0.1) is 33.0 Å². The number of aromatic nitrogens is 4. The molecule has 0 spiro atoms. The van der Waals surface area contributed by atoms with Crippen molar-refractivity contribution in [1.82, 2.24) is 19.7 Å². The lowest BCUT2D eigenvalue weighted by atomic mass is 9.98. The predicted molar refractivity (Wildman–Crippen MR) is 187 cm³/mol. The summed E-state index contributed by atoms with van der Waals surface area (Å²) in [6.07, 6.45) is -0.783. The van der Waals surface area contributed by atoms with Crippen LogP contribution in [0.15, 0.2) is 134 Å². The molecule has 11 heteroatoms. The Labute approximate surface area is 295 Å². The van der Waals surface area contributed by atoms with Gasteiger partial charge in [-0.3, -0.25) is 0 Å².